The summed E-state index contributed by atoms with van der Waals surface area (Å²) in [6.07, 6.45) is 6.43. The van der Waals surface area contributed by atoms with Crippen molar-refractivity contribution in [1.29, 1.82) is 0 Å². The van der Waals surface area contributed by atoms with E-state index in [1.807, 2.05) is 36.2 Å². The van der Waals surface area contributed by atoms with E-state index in [1.165, 1.54) is 32.1 Å². The highest BCUT2D eigenvalue weighted by molar-refractivity contribution is 5.94. The quantitative estimate of drug-likeness (QED) is 0.767. The molecule has 3 heterocycles. The maximum absolute atomic E-state index is 13.3. The number of nitrogens with zero attached hydrogens (tertiary/aromatic N) is 3. The summed E-state index contributed by atoms with van der Waals surface area (Å²) in [7, 11) is 1.83. The molecule has 5 aliphatic rings. The molecule has 0 aromatic heterocycles. The molecule has 6 rings (SSSR count). The van der Waals surface area contributed by atoms with Crippen molar-refractivity contribution >= 4 is 11.9 Å². The maximum atomic E-state index is 13.3. The van der Waals surface area contributed by atoms with Gasteiger partial charge in [0.2, 0.25) is 0 Å². The lowest BCUT2D eigenvalue weighted by atomic mass is 9.68. The monoisotopic (exact) mass is 411 g/mol. The Morgan fingerprint density at radius 3 is 2.27 bits per heavy atom. The van der Waals surface area contributed by atoms with Crippen LogP contribution in [0.25, 0.3) is 0 Å². The van der Waals surface area contributed by atoms with Crippen LogP contribution in [-0.4, -0.2) is 72.6 Å². The van der Waals surface area contributed by atoms with Crippen molar-refractivity contribution in [2.75, 3.05) is 39.9 Å². The van der Waals surface area contributed by atoms with Gasteiger partial charge in [0.15, 0.2) is 0 Å². The van der Waals surface area contributed by atoms with Crippen LogP contribution in [-0.2, 0) is 11.3 Å². The minimum Gasteiger partial charge on any atom is -0.378 e. The number of amides is 3. The molecule has 0 radical (unpaired) electrons. The van der Waals surface area contributed by atoms with E-state index in [1.54, 1.807) is 4.90 Å². The van der Waals surface area contributed by atoms with Crippen LogP contribution in [0, 0.1) is 17.8 Å². The van der Waals surface area contributed by atoms with Crippen molar-refractivity contribution < 1.29 is 14.3 Å². The Kier molecular flexibility index (Phi) is 5.44. The highest BCUT2D eigenvalue weighted by Crippen LogP contribution is 2.47. The van der Waals surface area contributed by atoms with Gasteiger partial charge in [-0.05, 0) is 67.6 Å². The van der Waals surface area contributed by atoms with E-state index in [4.69, 9.17) is 4.74 Å². The van der Waals surface area contributed by atoms with E-state index >= 15 is 0 Å². The predicted octanol–water partition coefficient (Wildman–Crippen LogP) is 3.22. The lowest BCUT2D eigenvalue weighted by molar-refractivity contribution is 0.0448. The number of carbonyl (C=O) groups is 2. The zero-order valence-electron chi connectivity index (χ0n) is 18.0. The number of benzene rings is 1. The van der Waals surface area contributed by atoms with Gasteiger partial charge in [-0.25, -0.2) is 4.79 Å². The second-order valence-corrected chi connectivity index (χ2v) is 9.82. The van der Waals surface area contributed by atoms with Crippen molar-refractivity contribution in [2.24, 2.45) is 17.8 Å². The number of carbonyl (C=O) groups excluding carboxylic acids is 2. The van der Waals surface area contributed by atoms with E-state index in [0.717, 1.165) is 29.5 Å². The Balaban J connectivity index is 1.22. The molecule has 6 heteroatoms. The fraction of sp³-hybridized carbons (Fsp3) is 0.667. The van der Waals surface area contributed by atoms with Crippen LogP contribution >= 0.6 is 0 Å². The Labute approximate surface area is 179 Å². The number of ether oxygens (including phenoxy) is 1. The fourth-order valence-electron chi connectivity index (χ4n) is 6.29. The highest BCUT2D eigenvalue weighted by atomic mass is 16.5. The smallest absolute Gasteiger partial charge is 0.320 e. The summed E-state index contributed by atoms with van der Waals surface area (Å²) >= 11 is 0. The maximum Gasteiger partial charge on any atom is 0.320 e. The molecule has 3 amide bonds. The molecule has 6 nitrogen and oxygen atoms in total. The SMILES string of the molecule is CN(Cc1ccc(C(=O)N2CC3CC4CC(C3)CC2C4)cc1)C(=O)N1CCOCC1. The molecule has 1 aromatic carbocycles. The van der Waals surface area contributed by atoms with Gasteiger partial charge in [0, 0.05) is 44.8 Å². The van der Waals surface area contributed by atoms with Gasteiger partial charge in [-0.15, -0.1) is 0 Å². The van der Waals surface area contributed by atoms with E-state index in [0.29, 0.717) is 44.8 Å². The molecule has 1 aromatic rings. The van der Waals surface area contributed by atoms with E-state index < -0.39 is 0 Å². The third-order valence-electron chi connectivity index (χ3n) is 7.60. The fourth-order valence-corrected chi connectivity index (χ4v) is 6.29. The largest absolute Gasteiger partial charge is 0.378 e. The number of urea groups is 1. The van der Waals surface area contributed by atoms with Crippen LogP contribution in [0.3, 0.4) is 0 Å². The third kappa shape index (κ3) is 3.94. The highest BCUT2D eigenvalue weighted by Gasteiger charge is 2.44. The van der Waals surface area contributed by atoms with Gasteiger partial charge in [0.25, 0.3) is 5.91 Å². The first kappa shape index (κ1) is 19.9. The lowest BCUT2D eigenvalue weighted by Gasteiger charge is -2.39. The number of fused-ring (bicyclic) bond motifs is 1. The molecule has 3 aliphatic heterocycles. The molecule has 0 spiro atoms. The first-order chi connectivity index (χ1) is 14.6. The van der Waals surface area contributed by atoms with Crippen LogP contribution < -0.4 is 0 Å². The summed E-state index contributed by atoms with van der Waals surface area (Å²) in [5.74, 6) is 2.57. The molecular formula is C24H33N3O3. The topological polar surface area (TPSA) is 53.1 Å². The van der Waals surface area contributed by atoms with Gasteiger partial charge in [-0.1, -0.05) is 12.1 Å². The molecule has 0 N–H and O–H groups in total. The van der Waals surface area contributed by atoms with Crippen molar-refractivity contribution in [2.45, 2.75) is 44.7 Å². The number of hydrogen-bond donors (Lipinski definition) is 0. The zero-order valence-corrected chi connectivity index (χ0v) is 18.0. The molecule has 2 unspecified atom stereocenters. The predicted molar refractivity (Wildman–Crippen MR) is 114 cm³/mol. The van der Waals surface area contributed by atoms with Crippen LogP contribution in [0.1, 0.15) is 48.0 Å². The molecular weight excluding hydrogens is 378 g/mol. The van der Waals surface area contributed by atoms with Crippen molar-refractivity contribution in [3.63, 3.8) is 0 Å². The van der Waals surface area contributed by atoms with Crippen molar-refractivity contribution in [1.82, 2.24) is 14.7 Å². The Morgan fingerprint density at radius 1 is 0.967 bits per heavy atom. The molecule has 5 fully saturated rings. The lowest BCUT2D eigenvalue weighted by Crippen LogP contribution is -2.46. The average Bonchev–Trinajstić information content (AvgIpc) is 2.97. The van der Waals surface area contributed by atoms with E-state index in [-0.39, 0.29) is 11.9 Å². The molecule has 30 heavy (non-hydrogen) atoms. The molecule has 2 atom stereocenters. The molecule has 4 bridgehead atoms. The van der Waals surface area contributed by atoms with Crippen LogP contribution in [0.4, 0.5) is 4.79 Å². The number of morpholine rings is 1. The first-order valence-electron chi connectivity index (χ1n) is 11.5. The van der Waals surface area contributed by atoms with Gasteiger partial charge in [0.1, 0.15) is 0 Å². The summed E-state index contributed by atoms with van der Waals surface area (Å²) < 4.78 is 5.33. The zero-order chi connectivity index (χ0) is 20.7. The van der Waals surface area contributed by atoms with Gasteiger partial charge < -0.3 is 19.4 Å². The summed E-state index contributed by atoms with van der Waals surface area (Å²) in [4.78, 5) is 31.7. The Bertz CT molecular complexity index is 775. The number of hydrogen-bond acceptors (Lipinski definition) is 3. The van der Waals surface area contributed by atoms with Crippen LogP contribution in [0.15, 0.2) is 24.3 Å². The van der Waals surface area contributed by atoms with Gasteiger partial charge in [-0.3, -0.25) is 4.79 Å². The van der Waals surface area contributed by atoms with Crippen LogP contribution in [0.2, 0.25) is 0 Å². The second kappa shape index (κ2) is 8.22. The van der Waals surface area contributed by atoms with Gasteiger partial charge >= 0.3 is 6.03 Å². The third-order valence-corrected chi connectivity index (χ3v) is 7.60. The summed E-state index contributed by atoms with van der Waals surface area (Å²) in [6, 6.07) is 8.36. The van der Waals surface area contributed by atoms with Crippen LogP contribution in [0.5, 0.6) is 0 Å². The molecule has 2 aliphatic carbocycles. The molecule has 162 valence electrons. The minimum atomic E-state index is 0.0360. The Morgan fingerprint density at radius 2 is 1.60 bits per heavy atom. The second-order valence-electron chi connectivity index (χ2n) is 9.82. The normalized spacial score (nSPS) is 30.3. The van der Waals surface area contributed by atoms with Crippen molar-refractivity contribution in [3.8, 4) is 0 Å². The number of rotatable bonds is 3. The van der Waals surface area contributed by atoms with Crippen molar-refractivity contribution in [3.05, 3.63) is 35.4 Å². The average molecular weight is 412 g/mol. The first-order valence-corrected chi connectivity index (χ1v) is 11.5. The minimum absolute atomic E-state index is 0.0360. The van der Waals surface area contributed by atoms with E-state index in [9.17, 15) is 9.59 Å². The standard InChI is InChI=1S/C24H33N3O3/c1-25(24(29)26-6-8-30-9-7-26)15-17-2-4-21(5-3-17)23(28)27-16-20-11-18-10-19(12-20)14-22(27)13-18/h2-5,18-20,22H,6-16H2,1H3. The van der Waals surface area contributed by atoms with Gasteiger partial charge in [0.05, 0.1) is 13.2 Å². The summed E-state index contributed by atoms with van der Waals surface area (Å²) in [5, 5.41) is 0. The molecule has 2 saturated carbocycles. The molecule has 3 saturated heterocycles. The summed E-state index contributed by atoms with van der Waals surface area (Å²) in [6.45, 7) is 4.00. The van der Waals surface area contributed by atoms with Gasteiger partial charge in [-0.2, -0.15) is 0 Å². The summed E-state index contributed by atoms with van der Waals surface area (Å²) in [5.41, 5.74) is 1.83. The Hall–Kier alpha value is -2.08. The van der Waals surface area contributed by atoms with E-state index in [2.05, 4.69) is 4.90 Å².